The summed E-state index contributed by atoms with van der Waals surface area (Å²) >= 11 is 3.42. The number of methoxy groups -OCH3 is 1. The average molecular weight is 379 g/mol. The maximum Gasteiger partial charge on any atom is 0.263 e. The summed E-state index contributed by atoms with van der Waals surface area (Å²) < 4.78 is 7.22. The summed E-state index contributed by atoms with van der Waals surface area (Å²) in [5.41, 5.74) is 1.51. The van der Waals surface area contributed by atoms with Crippen molar-refractivity contribution in [3.63, 3.8) is 0 Å². The van der Waals surface area contributed by atoms with Gasteiger partial charge in [-0.3, -0.25) is 9.36 Å². The molecule has 136 valence electrons. The highest BCUT2D eigenvalue weighted by Crippen LogP contribution is 2.38. The molecule has 1 saturated carbocycles. The van der Waals surface area contributed by atoms with Crippen molar-refractivity contribution in [3.05, 3.63) is 20.8 Å². The summed E-state index contributed by atoms with van der Waals surface area (Å²) in [6.45, 7) is 2.99. The van der Waals surface area contributed by atoms with Crippen molar-refractivity contribution in [1.82, 2.24) is 9.55 Å². The third kappa shape index (κ3) is 3.28. The van der Waals surface area contributed by atoms with E-state index in [4.69, 9.17) is 9.72 Å². The minimum Gasteiger partial charge on any atom is -0.384 e. The first kappa shape index (κ1) is 17.6. The van der Waals surface area contributed by atoms with Crippen molar-refractivity contribution in [2.45, 2.75) is 63.1 Å². The summed E-state index contributed by atoms with van der Waals surface area (Å²) in [6, 6.07) is 0.326. The van der Waals surface area contributed by atoms with Gasteiger partial charge in [-0.05, 0) is 43.6 Å². The molecule has 2 aromatic heterocycles. The molecule has 0 spiro atoms. The zero-order chi connectivity index (χ0) is 17.4. The second kappa shape index (κ2) is 7.41. The Bertz CT molecular complexity index is 821. The minimum atomic E-state index is 0.212. The van der Waals surface area contributed by atoms with Crippen LogP contribution in [0.4, 0.5) is 0 Å². The summed E-state index contributed by atoms with van der Waals surface area (Å²) in [5, 5.41) is 1.82. The monoisotopic (exact) mass is 378 g/mol. The predicted octanol–water partition coefficient (Wildman–Crippen LogP) is 4.44. The number of ether oxygens (including phenoxy) is 1. The molecule has 0 bridgehead atoms. The molecule has 25 heavy (non-hydrogen) atoms. The molecule has 2 aromatic rings. The third-order valence-corrected chi connectivity index (χ3v) is 7.60. The Morgan fingerprint density at radius 2 is 2.12 bits per heavy atom. The van der Waals surface area contributed by atoms with Gasteiger partial charge >= 0.3 is 0 Å². The molecule has 0 aromatic carbocycles. The van der Waals surface area contributed by atoms with E-state index in [0.717, 1.165) is 46.8 Å². The van der Waals surface area contributed by atoms with Gasteiger partial charge in [-0.1, -0.05) is 31.5 Å². The Labute approximate surface area is 157 Å². The van der Waals surface area contributed by atoms with Crippen LogP contribution in [0.3, 0.4) is 0 Å². The molecule has 0 amide bonds. The van der Waals surface area contributed by atoms with E-state index in [1.54, 1.807) is 30.2 Å². The Kier molecular flexibility index (Phi) is 5.20. The maximum absolute atomic E-state index is 13.5. The summed E-state index contributed by atoms with van der Waals surface area (Å²) in [5.74, 6) is 1.55. The first-order valence-electron chi connectivity index (χ1n) is 9.37. The van der Waals surface area contributed by atoms with E-state index in [9.17, 15) is 4.79 Å². The van der Waals surface area contributed by atoms with Crippen molar-refractivity contribution in [1.29, 1.82) is 0 Å². The van der Waals surface area contributed by atoms with Crippen LogP contribution in [0.25, 0.3) is 10.2 Å². The maximum atomic E-state index is 13.5. The van der Waals surface area contributed by atoms with Gasteiger partial charge in [0.1, 0.15) is 4.83 Å². The van der Waals surface area contributed by atoms with Crippen molar-refractivity contribution in [2.75, 3.05) is 19.5 Å². The lowest BCUT2D eigenvalue weighted by atomic mass is 9.89. The molecule has 0 radical (unpaired) electrons. The van der Waals surface area contributed by atoms with Gasteiger partial charge in [-0.15, -0.1) is 11.3 Å². The average Bonchev–Trinajstić information content (AvgIpc) is 3.22. The first-order chi connectivity index (χ1) is 12.2. The SMILES string of the molecule is COCCSc1nc2sc3c(c2c(=O)n1C1CCCC1)CCC(C)C3. The molecule has 0 saturated heterocycles. The molecule has 6 heteroatoms. The van der Waals surface area contributed by atoms with Crippen LogP contribution in [0.2, 0.25) is 0 Å². The molecule has 1 unspecified atom stereocenters. The second-order valence-corrected chi connectivity index (χ2v) is 9.53. The van der Waals surface area contributed by atoms with Gasteiger partial charge in [0.15, 0.2) is 5.16 Å². The highest BCUT2D eigenvalue weighted by atomic mass is 32.2. The fourth-order valence-corrected chi connectivity index (χ4v) is 6.58. The predicted molar refractivity (Wildman–Crippen MR) is 105 cm³/mol. The van der Waals surface area contributed by atoms with Crippen molar-refractivity contribution in [2.24, 2.45) is 5.92 Å². The van der Waals surface area contributed by atoms with Crippen LogP contribution >= 0.6 is 23.1 Å². The lowest BCUT2D eigenvalue weighted by Crippen LogP contribution is -2.27. The fourth-order valence-electron chi connectivity index (χ4n) is 4.19. The van der Waals surface area contributed by atoms with Gasteiger partial charge in [0.25, 0.3) is 5.56 Å². The van der Waals surface area contributed by atoms with Crippen LogP contribution in [0, 0.1) is 5.92 Å². The van der Waals surface area contributed by atoms with E-state index in [2.05, 4.69) is 6.92 Å². The summed E-state index contributed by atoms with van der Waals surface area (Å²) in [7, 11) is 1.72. The van der Waals surface area contributed by atoms with E-state index in [1.165, 1.54) is 29.7 Å². The number of thiophene rings is 1. The van der Waals surface area contributed by atoms with Crippen LogP contribution in [-0.4, -0.2) is 29.0 Å². The summed E-state index contributed by atoms with van der Waals surface area (Å²) in [4.78, 5) is 20.8. The quantitative estimate of drug-likeness (QED) is 0.438. The van der Waals surface area contributed by atoms with Crippen molar-refractivity contribution in [3.8, 4) is 0 Å². The van der Waals surface area contributed by atoms with Crippen LogP contribution in [-0.2, 0) is 17.6 Å². The number of fused-ring (bicyclic) bond motifs is 3. The van der Waals surface area contributed by atoms with E-state index >= 15 is 0 Å². The highest BCUT2D eigenvalue weighted by molar-refractivity contribution is 7.99. The lowest BCUT2D eigenvalue weighted by Gasteiger charge is -2.19. The Morgan fingerprint density at radius 1 is 1.32 bits per heavy atom. The van der Waals surface area contributed by atoms with Crippen LogP contribution < -0.4 is 5.56 Å². The standard InChI is InChI=1S/C19H26N2O2S2/c1-12-7-8-14-15(11-12)25-17-16(14)18(22)21(13-5-3-4-6-13)19(20-17)24-10-9-23-2/h12-13H,3-11H2,1-2H3. The molecule has 2 heterocycles. The largest absolute Gasteiger partial charge is 0.384 e. The highest BCUT2D eigenvalue weighted by Gasteiger charge is 2.28. The molecule has 4 nitrogen and oxygen atoms in total. The van der Waals surface area contributed by atoms with Gasteiger partial charge in [0, 0.05) is 23.8 Å². The number of nitrogens with zero attached hydrogens (tertiary/aromatic N) is 2. The molecule has 0 aliphatic heterocycles. The van der Waals surface area contributed by atoms with Gasteiger partial charge in [0.05, 0.1) is 12.0 Å². The van der Waals surface area contributed by atoms with Crippen LogP contribution in [0.1, 0.15) is 55.5 Å². The summed E-state index contributed by atoms with van der Waals surface area (Å²) in [6.07, 6.45) is 7.97. The molecular weight excluding hydrogens is 352 g/mol. The molecule has 1 fully saturated rings. The normalized spacial score (nSPS) is 21.1. The first-order valence-corrected chi connectivity index (χ1v) is 11.2. The smallest absolute Gasteiger partial charge is 0.263 e. The molecule has 2 aliphatic carbocycles. The molecule has 4 rings (SSSR count). The van der Waals surface area contributed by atoms with Gasteiger partial charge in [-0.2, -0.15) is 0 Å². The van der Waals surface area contributed by atoms with Crippen LogP contribution in [0.5, 0.6) is 0 Å². The number of hydrogen-bond donors (Lipinski definition) is 0. The molecule has 0 N–H and O–H groups in total. The number of thioether (sulfide) groups is 1. The van der Waals surface area contributed by atoms with E-state index in [-0.39, 0.29) is 5.56 Å². The second-order valence-electron chi connectivity index (χ2n) is 7.38. The molecule has 1 atom stereocenters. The van der Waals surface area contributed by atoms with E-state index in [1.807, 2.05) is 4.57 Å². The molecule has 2 aliphatic rings. The van der Waals surface area contributed by atoms with Crippen molar-refractivity contribution >= 4 is 33.3 Å². The van der Waals surface area contributed by atoms with Crippen LogP contribution in [0.15, 0.2) is 9.95 Å². The van der Waals surface area contributed by atoms with Crippen molar-refractivity contribution < 1.29 is 4.74 Å². The topological polar surface area (TPSA) is 44.1 Å². The third-order valence-electron chi connectivity index (χ3n) is 5.54. The van der Waals surface area contributed by atoms with Gasteiger partial charge < -0.3 is 4.74 Å². The van der Waals surface area contributed by atoms with E-state index in [0.29, 0.717) is 18.6 Å². The Morgan fingerprint density at radius 3 is 2.88 bits per heavy atom. The number of aromatic nitrogens is 2. The Hall–Kier alpha value is -0.850. The Balaban J connectivity index is 1.84. The fraction of sp³-hybridized carbons (Fsp3) is 0.684. The number of aryl methyl sites for hydroxylation is 1. The van der Waals surface area contributed by atoms with Gasteiger partial charge in [-0.25, -0.2) is 4.98 Å². The van der Waals surface area contributed by atoms with Gasteiger partial charge in [0.2, 0.25) is 0 Å². The lowest BCUT2D eigenvalue weighted by molar-refractivity contribution is 0.218. The zero-order valence-electron chi connectivity index (χ0n) is 15.0. The number of hydrogen-bond acceptors (Lipinski definition) is 5. The molecular formula is C19H26N2O2S2. The number of rotatable bonds is 5. The zero-order valence-corrected chi connectivity index (χ0v) is 16.7. The minimum absolute atomic E-state index is 0.212. The van der Waals surface area contributed by atoms with E-state index < -0.39 is 0 Å².